The molecule has 0 aromatic carbocycles. The minimum absolute atomic E-state index is 0. The molecule has 6 nitrogen and oxygen atoms in total. The van der Waals surface area contributed by atoms with Crippen molar-refractivity contribution in [3.8, 4) is 0 Å². The van der Waals surface area contributed by atoms with E-state index in [2.05, 4.69) is 10.3 Å². The first-order valence-corrected chi connectivity index (χ1v) is 7.25. The van der Waals surface area contributed by atoms with Gasteiger partial charge in [0, 0.05) is 51.3 Å². The number of amides is 1. The highest BCUT2D eigenvalue weighted by molar-refractivity contribution is 5.94. The van der Waals surface area contributed by atoms with Crippen LogP contribution in [-0.2, 0) is 7.05 Å². The molecular formula is C16H19ClN4O2. The molecular weight excluding hydrogens is 316 g/mol. The predicted octanol–water partition coefficient (Wildman–Crippen LogP) is 0.989. The van der Waals surface area contributed by atoms with Crippen molar-refractivity contribution in [1.82, 2.24) is 19.8 Å². The first kappa shape index (κ1) is 17.2. The number of aryl methyl sites for hydroxylation is 1. The summed E-state index contributed by atoms with van der Waals surface area (Å²) in [6, 6.07) is 6.82. The normalized spacial score (nSPS) is 17.4. The van der Waals surface area contributed by atoms with E-state index < -0.39 is 0 Å². The van der Waals surface area contributed by atoms with Crippen LogP contribution in [0.25, 0.3) is 0 Å². The average molecular weight is 335 g/mol. The zero-order valence-corrected chi connectivity index (χ0v) is 13.6. The zero-order valence-electron chi connectivity index (χ0n) is 12.8. The minimum Gasteiger partial charge on any atom is -0.329 e. The number of hydrogen-bond acceptors (Lipinski definition) is 4. The van der Waals surface area contributed by atoms with Gasteiger partial charge in [-0.15, -0.1) is 12.4 Å². The summed E-state index contributed by atoms with van der Waals surface area (Å²) in [5.41, 5.74) is 1.41. The Kier molecular flexibility index (Phi) is 5.52. The molecule has 1 aliphatic heterocycles. The van der Waals surface area contributed by atoms with E-state index in [1.807, 2.05) is 17.0 Å². The van der Waals surface area contributed by atoms with Crippen LogP contribution in [0, 0.1) is 0 Å². The highest BCUT2D eigenvalue weighted by atomic mass is 35.5. The van der Waals surface area contributed by atoms with Gasteiger partial charge in [0.2, 0.25) is 5.56 Å². The summed E-state index contributed by atoms with van der Waals surface area (Å²) in [6.45, 7) is 2.08. The second kappa shape index (κ2) is 7.39. The fourth-order valence-corrected chi connectivity index (χ4v) is 2.70. The maximum atomic E-state index is 12.8. The van der Waals surface area contributed by atoms with E-state index >= 15 is 0 Å². The molecule has 0 bridgehead atoms. The number of rotatable bonds is 2. The molecule has 0 saturated carbocycles. The summed E-state index contributed by atoms with van der Waals surface area (Å²) in [4.78, 5) is 30.3. The predicted molar refractivity (Wildman–Crippen MR) is 89.8 cm³/mol. The molecule has 0 aliphatic carbocycles. The van der Waals surface area contributed by atoms with Gasteiger partial charge in [0.15, 0.2) is 0 Å². The first-order chi connectivity index (χ1) is 10.7. The highest BCUT2D eigenvalue weighted by Gasteiger charge is 2.28. The molecule has 1 aliphatic rings. The van der Waals surface area contributed by atoms with Crippen LogP contribution in [0.4, 0.5) is 0 Å². The van der Waals surface area contributed by atoms with Gasteiger partial charge in [-0.2, -0.15) is 0 Å². The van der Waals surface area contributed by atoms with Gasteiger partial charge in [0.05, 0.1) is 11.6 Å². The molecule has 2 aromatic heterocycles. The molecule has 1 unspecified atom stereocenters. The number of pyridine rings is 2. The summed E-state index contributed by atoms with van der Waals surface area (Å²) in [5, 5.41) is 3.31. The van der Waals surface area contributed by atoms with Crippen LogP contribution >= 0.6 is 12.4 Å². The van der Waals surface area contributed by atoms with Crippen molar-refractivity contribution in [3.05, 3.63) is 64.3 Å². The summed E-state index contributed by atoms with van der Waals surface area (Å²) >= 11 is 0. The third kappa shape index (κ3) is 3.60. The number of hydrogen-bond donors (Lipinski definition) is 1. The van der Waals surface area contributed by atoms with Gasteiger partial charge in [-0.3, -0.25) is 14.6 Å². The van der Waals surface area contributed by atoms with E-state index in [9.17, 15) is 9.59 Å². The van der Waals surface area contributed by atoms with Gasteiger partial charge >= 0.3 is 0 Å². The lowest BCUT2D eigenvalue weighted by Crippen LogP contribution is -2.48. The Bertz CT molecular complexity index is 732. The molecule has 122 valence electrons. The van der Waals surface area contributed by atoms with Crippen molar-refractivity contribution in [2.75, 3.05) is 19.6 Å². The molecule has 1 fully saturated rings. The van der Waals surface area contributed by atoms with Crippen LogP contribution in [-0.4, -0.2) is 40.0 Å². The summed E-state index contributed by atoms with van der Waals surface area (Å²) < 4.78 is 1.43. The van der Waals surface area contributed by atoms with Crippen LogP contribution in [0.15, 0.2) is 47.7 Å². The lowest BCUT2D eigenvalue weighted by atomic mass is 10.0. The highest BCUT2D eigenvalue weighted by Crippen LogP contribution is 2.23. The number of aromatic nitrogens is 2. The zero-order chi connectivity index (χ0) is 15.5. The van der Waals surface area contributed by atoms with Crippen molar-refractivity contribution in [2.45, 2.75) is 6.04 Å². The smallest absolute Gasteiger partial charge is 0.255 e. The lowest BCUT2D eigenvalue weighted by molar-refractivity contribution is 0.0633. The summed E-state index contributed by atoms with van der Waals surface area (Å²) in [7, 11) is 1.65. The average Bonchev–Trinajstić information content (AvgIpc) is 2.57. The standard InChI is InChI=1S/C16H18N4O2.ClH/c1-19-11-13(4-5-15(19)21)16(22)20-8-7-18-10-14(20)12-3-2-6-17-9-12;/h2-6,9,11,14,18H,7-8,10H2,1H3;1H. The molecule has 1 N–H and O–H groups in total. The monoisotopic (exact) mass is 334 g/mol. The Morgan fingerprint density at radius 2 is 2.17 bits per heavy atom. The topological polar surface area (TPSA) is 67.2 Å². The van der Waals surface area contributed by atoms with Crippen LogP contribution in [0.3, 0.4) is 0 Å². The van der Waals surface area contributed by atoms with Gasteiger partial charge < -0.3 is 14.8 Å². The van der Waals surface area contributed by atoms with Crippen LogP contribution in [0.5, 0.6) is 0 Å². The van der Waals surface area contributed by atoms with Crippen LogP contribution in [0.1, 0.15) is 22.0 Å². The van der Waals surface area contributed by atoms with Gasteiger partial charge in [-0.1, -0.05) is 6.07 Å². The minimum atomic E-state index is -0.124. The van der Waals surface area contributed by atoms with E-state index in [1.54, 1.807) is 31.7 Å². The SMILES string of the molecule is Cl.Cn1cc(C(=O)N2CCNCC2c2cccnc2)ccc1=O. The molecule has 0 spiro atoms. The molecule has 1 amide bonds. The Hall–Kier alpha value is -2.18. The van der Waals surface area contributed by atoms with Crippen molar-refractivity contribution in [2.24, 2.45) is 7.05 Å². The molecule has 3 rings (SSSR count). The van der Waals surface area contributed by atoms with Crippen molar-refractivity contribution in [3.63, 3.8) is 0 Å². The Balaban J connectivity index is 0.00000192. The van der Waals surface area contributed by atoms with Crippen molar-refractivity contribution < 1.29 is 4.79 Å². The molecule has 1 atom stereocenters. The molecule has 23 heavy (non-hydrogen) atoms. The molecule has 1 saturated heterocycles. The van der Waals surface area contributed by atoms with Gasteiger partial charge in [-0.05, 0) is 17.7 Å². The van der Waals surface area contributed by atoms with E-state index in [4.69, 9.17) is 0 Å². The Labute approximate surface area is 140 Å². The van der Waals surface area contributed by atoms with E-state index in [-0.39, 0.29) is 29.9 Å². The molecule has 0 radical (unpaired) electrons. The Morgan fingerprint density at radius 1 is 1.35 bits per heavy atom. The largest absolute Gasteiger partial charge is 0.329 e. The van der Waals surface area contributed by atoms with Gasteiger partial charge in [-0.25, -0.2) is 0 Å². The van der Waals surface area contributed by atoms with Crippen molar-refractivity contribution >= 4 is 18.3 Å². The van der Waals surface area contributed by atoms with Gasteiger partial charge in [0.1, 0.15) is 0 Å². The fraction of sp³-hybridized carbons (Fsp3) is 0.312. The maximum Gasteiger partial charge on any atom is 0.255 e. The molecule has 7 heteroatoms. The first-order valence-electron chi connectivity index (χ1n) is 7.25. The quantitative estimate of drug-likeness (QED) is 0.889. The van der Waals surface area contributed by atoms with Crippen LogP contribution in [0.2, 0.25) is 0 Å². The van der Waals surface area contributed by atoms with Gasteiger partial charge in [0.25, 0.3) is 5.91 Å². The van der Waals surface area contributed by atoms with E-state index in [0.29, 0.717) is 18.7 Å². The second-order valence-electron chi connectivity index (χ2n) is 5.37. The number of nitrogens with zero attached hydrogens (tertiary/aromatic N) is 3. The van der Waals surface area contributed by atoms with Crippen LogP contribution < -0.4 is 10.9 Å². The maximum absolute atomic E-state index is 12.8. The third-order valence-electron chi connectivity index (χ3n) is 3.91. The number of halogens is 1. The molecule has 2 aromatic rings. The second-order valence-corrected chi connectivity index (χ2v) is 5.37. The molecule has 3 heterocycles. The Morgan fingerprint density at radius 3 is 2.87 bits per heavy atom. The van der Waals surface area contributed by atoms with E-state index in [1.165, 1.54) is 10.6 Å². The van der Waals surface area contributed by atoms with E-state index in [0.717, 1.165) is 12.1 Å². The summed E-state index contributed by atoms with van der Waals surface area (Å²) in [6.07, 6.45) is 5.10. The third-order valence-corrected chi connectivity index (χ3v) is 3.91. The lowest BCUT2D eigenvalue weighted by Gasteiger charge is -2.36. The number of carbonyl (C=O) groups excluding carboxylic acids is 1. The van der Waals surface area contributed by atoms with Crippen molar-refractivity contribution in [1.29, 1.82) is 0 Å². The summed E-state index contributed by atoms with van der Waals surface area (Å²) in [5.74, 6) is -0.0639. The number of nitrogens with one attached hydrogen (secondary N) is 1. The fourth-order valence-electron chi connectivity index (χ4n) is 2.70. The number of piperazine rings is 1. The number of carbonyl (C=O) groups is 1.